The number of ether oxygens (including phenoxy) is 1. The standard InChI is InChI=1S/C24H23N3O2S/c1-3-22-23(28)27(16-19-9-6-8-18-7-4-5-10-21(18)19)24(30-22)26-25-15-17-11-13-20(29-2)14-12-17/h4-15,22H,3,16H2,1-2H3/b25-15-,26-24+/t22-/m0/s1. The second-order valence-corrected chi connectivity index (χ2v) is 8.15. The number of amidine groups is 1. The minimum Gasteiger partial charge on any atom is -0.497 e. The van der Waals surface area contributed by atoms with Gasteiger partial charge in [-0.05, 0) is 52.6 Å². The van der Waals surface area contributed by atoms with Crippen molar-refractivity contribution in [2.24, 2.45) is 10.2 Å². The lowest BCUT2D eigenvalue weighted by atomic mass is 10.0. The van der Waals surface area contributed by atoms with E-state index in [1.54, 1.807) is 18.2 Å². The molecule has 1 aliphatic heterocycles. The highest BCUT2D eigenvalue weighted by atomic mass is 32.2. The minimum atomic E-state index is -0.116. The van der Waals surface area contributed by atoms with Crippen LogP contribution < -0.4 is 4.74 Å². The summed E-state index contributed by atoms with van der Waals surface area (Å²) in [6.07, 6.45) is 2.45. The van der Waals surface area contributed by atoms with Crippen molar-refractivity contribution in [2.75, 3.05) is 7.11 Å². The zero-order chi connectivity index (χ0) is 20.9. The average molecular weight is 418 g/mol. The maximum absolute atomic E-state index is 12.9. The molecule has 0 spiro atoms. The molecule has 0 saturated carbocycles. The van der Waals surface area contributed by atoms with Gasteiger partial charge in [0.25, 0.3) is 0 Å². The summed E-state index contributed by atoms with van der Waals surface area (Å²) >= 11 is 1.49. The molecule has 0 N–H and O–H groups in total. The fourth-order valence-corrected chi connectivity index (χ4v) is 4.45. The summed E-state index contributed by atoms with van der Waals surface area (Å²) in [5, 5.41) is 11.5. The maximum atomic E-state index is 12.9. The monoisotopic (exact) mass is 417 g/mol. The fraction of sp³-hybridized carbons (Fsp3) is 0.208. The summed E-state index contributed by atoms with van der Waals surface area (Å²) in [6.45, 7) is 2.51. The van der Waals surface area contributed by atoms with E-state index in [1.807, 2.05) is 49.4 Å². The molecular weight excluding hydrogens is 394 g/mol. The number of carbonyl (C=O) groups is 1. The Morgan fingerprint density at radius 2 is 1.83 bits per heavy atom. The normalized spacial score (nSPS) is 18.1. The van der Waals surface area contributed by atoms with E-state index in [0.717, 1.165) is 34.1 Å². The van der Waals surface area contributed by atoms with Crippen LogP contribution in [0.4, 0.5) is 0 Å². The van der Waals surface area contributed by atoms with Crippen LogP contribution in [-0.2, 0) is 11.3 Å². The summed E-state index contributed by atoms with van der Waals surface area (Å²) in [5.74, 6) is 0.885. The van der Waals surface area contributed by atoms with Gasteiger partial charge in [-0.1, -0.05) is 61.2 Å². The van der Waals surface area contributed by atoms with Crippen molar-refractivity contribution in [3.63, 3.8) is 0 Å². The number of carbonyl (C=O) groups excluding carboxylic acids is 1. The van der Waals surface area contributed by atoms with Gasteiger partial charge in [0.1, 0.15) is 5.75 Å². The molecule has 0 unspecified atom stereocenters. The second kappa shape index (κ2) is 9.13. The summed E-state index contributed by atoms with van der Waals surface area (Å²) < 4.78 is 5.17. The fourth-order valence-electron chi connectivity index (χ4n) is 3.43. The molecule has 1 saturated heterocycles. The zero-order valence-electron chi connectivity index (χ0n) is 17.0. The van der Waals surface area contributed by atoms with Gasteiger partial charge in [0.15, 0.2) is 5.17 Å². The average Bonchev–Trinajstić information content (AvgIpc) is 3.09. The summed E-state index contributed by atoms with van der Waals surface area (Å²) in [5.41, 5.74) is 2.02. The van der Waals surface area contributed by atoms with E-state index in [0.29, 0.717) is 11.7 Å². The second-order valence-electron chi connectivity index (χ2n) is 6.98. The predicted octanol–water partition coefficient (Wildman–Crippen LogP) is 5.09. The van der Waals surface area contributed by atoms with Crippen molar-refractivity contribution in [3.05, 3.63) is 77.9 Å². The number of fused-ring (bicyclic) bond motifs is 1. The van der Waals surface area contributed by atoms with Crippen LogP contribution in [0.3, 0.4) is 0 Å². The van der Waals surface area contributed by atoms with E-state index in [-0.39, 0.29) is 11.2 Å². The van der Waals surface area contributed by atoms with Gasteiger partial charge in [-0.2, -0.15) is 5.10 Å². The molecule has 0 aliphatic carbocycles. The molecule has 0 radical (unpaired) electrons. The van der Waals surface area contributed by atoms with Gasteiger partial charge in [0.2, 0.25) is 5.91 Å². The molecular formula is C24H23N3O2S. The molecule has 30 heavy (non-hydrogen) atoms. The van der Waals surface area contributed by atoms with Gasteiger partial charge in [-0.15, -0.1) is 5.10 Å². The van der Waals surface area contributed by atoms with Crippen molar-refractivity contribution in [1.29, 1.82) is 0 Å². The topological polar surface area (TPSA) is 54.3 Å². The highest BCUT2D eigenvalue weighted by molar-refractivity contribution is 8.15. The first-order valence-corrected chi connectivity index (χ1v) is 10.8. The molecule has 1 atom stereocenters. The van der Waals surface area contributed by atoms with Gasteiger partial charge in [-0.25, -0.2) is 0 Å². The predicted molar refractivity (Wildman–Crippen MR) is 124 cm³/mol. The van der Waals surface area contributed by atoms with E-state index in [9.17, 15) is 4.79 Å². The number of nitrogens with zero attached hydrogens (tertiary/aromatic N) is 3. The van der Waals surface area contributed by atoms with Crippen LogP contribution in [0.5, 0.6) is 5.75 Å². The SMILES string of the molecule is CC[C@@H]1S/C(=N/N=C\c2ccc(OC)cc2)N(Cc2cccc3ccccc23)C1=O. The van der Waals surface area contributed by atoms with E-state index >= 15 is 0 Å². The third-order valence-corrected chi connectivity index (χ3v) is 6.40. The highest BCUT2D eigenvalue weighted by Gasteiger charge is 2.37. The van der Waals surface area contributed by atoms with Crippen LogP contribution in [0, 0.1) is 0 Å². The molecule has 4 rings (SSSR count). The van der Waals surface area contributed by atoms with Crippen molar-refractivity contribution < 1.29 is 9.53 Å². The van der Waals surface area contributed by atoms with Crippen LogP contribution >= 0.6 is 11.8 Å². The third-order valence-electron chi connectivity index (χ3n) is 5.07. The third kappa shape index (κ3) is 4.24. The molecule has 5 nitrogen and oxygen atoms in total. The van der Waals surface area contributed by atoms with Crippen LogP contribution in [0.1, 0.15) is 24.5 Å². The summed E-state index contributed by atoms with van der Waals surface area (Å²) in [6, 6.07) is 22.0. The quantitative estimate of drug-likeness (QED) is 0.415. The first-order valence-electron chi connectivity index (χ1n) is 9.89. The van der Waals surface area contributed by atoms with E-state index < -0.39 is 0 Å². The van der Waals surface area contributed by atoms with Gasteiger partial charge in [0, 0.05) is 0 Å². The van der Waals surface area contributed by atoms with E-state index in [1.165, 1.54) is 11.8 Å². The van der Waals surface area contributed by atoms with Gasteiger partial charge >= 0.3 is 0 Å². The van der Waals surface area contributed by atoms with Crippen LogP contribution in [0.2, 0.25) is 0 Å². The first-order chi connectivity index (χ1) is 14.7. The molecule has 6 heteroatoms. The summed E-state index contributed by atoms with van der Waals surface area (Å²) in [4.78, 5) is 14.7. The first kappa shape index (κ1) is 20.2. The van der Waals surface area contributed by atoms with Gasteiger partial charge < -0.3 is 4.74 Å². The molecule has 1 amide bonds. The number of rotatable bonds is 6. The molecule has 0 bridgehead atoms. The van der Waals surface area contributed by atoms with Gasteiger partial charge in [0.05, 0.1) is 25.1 Å². The number of methoxy groups -OCH3 is 1. The number of hydrogen-bond donors (Lipinski definition) is 0. The molecule has 3 aromatic carbocycles. The molecule has 0 aromatic heterocycles. The Labute approximate surface area is 180 Å². The van der Waals surface area contributed by atoms with Crippen molar-refractivity contribution in [1.82, 2.24) is 4.90 Å². The maximum Gasteiger partial charge on any atom is 0.242 e. The van der Waals surface area contributed by atoms with Crippen LogP contribution in [0.15, 0.2) is 76.9 Å². The van der Waals surface area contributed by atoms with Crippen LogP contribution in [-0.4, -0.2) is 34.5 Å². The highest BCUT2D eigenvalue weighted by Crippen LogP contribution is 2.32. The number of amides is 1. The van der Waals surface area contributed by atoms with Crippen molar-refractivity contribution >= 4 is 39.8 Å². The number of hydrogen-bond acceptors (Lipinski definition) is 5. The Morgan fingerprint density at radius 3 is 2.60 bits per heavy atom. The lowest BCUT2D eigenvalue weighted by Gasteiger charge is -2.17. The molecule has 152 valence electrons. The minimum absolute atomic E-state index is 0.0915. The molecule has 1 heterocycles. The Morgan fingerprint density at radius 1 is 1.07 bits per heavy atom. The van der Waals surface area contributed by atoms with E-state index in [4.69, 9.17) is 4.74 Å². The van der Waals surface area contributed by atoms with Crippen molar-refractivity contribution in [2.45, 2.75) is 25.1 Å². The lowest BCUT2D eigenvalue weighted by Crippen LogP contribution is -2.31. The molecule has 1 fully saturated rings. The molecule has 1 aliphatic rings. The smallest absolute Gasteiger partial charge is 0.242 e. The van der Waals surface area contributed by atoms with Crippen molar-refractivity contribution in [3.8, 4) is 5.75 Å². The molecule has 3 aromatic rings. The van der Waals surface area contributed by atoms with E-state index in [2.05, 4.69) is 34.5 Å². The Balaban J connectivity index is 1.59. The Kier molecular flexibility index (Phi) is 6.14. The number of thioether (sulfide) groups is 1. The summed E-state index contributed by atoms with van der Waals surface area (Å²) in [7, 11) is 1.64. The zero-order valence-corrected chi connectivity index (χ0v) is 17.8. The van der Waals surface area contributed by atoms with Crippen LogP contribution in [0.25, 0.3) is 10.8 Å². The lowest BCUT2D eigenvalue weighted by molar-refractivity contribution is -0.126. The largest absolute Gasteiger partial charge is 0.497 e. The Bertz CT molecular complexity index is 1100. The Hall–Kier alpha value is -3.12. The van der Waals surface area contributed by atoms with Gasteiger partial charge in [-0.3, -0.25) is 9.69 Å². The number of benzene rings is 3.